The van der Waals surface area contributed by atoms with Crippen LogP contribution in [0.1, 0.15) is 48.1 Å². The summed E-state index contributed by atoms with van der Waals surface area (Å²) in [4.78, 5) is 17.2. The number of hydrogen-bond acceptors (Lipinski definition) is 4. The van der Waals surface area contributed by atoms with E-state index < -0.39 is 0 Å². The van der Waals surface area contributed by atoms with Crippen molar-refractivity contribution in [3.05, 3.63) is 89.6 Å². The fourth-order valence-corrected chi connectivity index (χ4v) is 3.27. The molecule has 1 N–H and O–H groups in total. The quantitative estimate of drug-likeness (QED) is 0.472. The van der Waals surface area contributed by atoms with E-state index in [1.165, 1.54) is 5.56 Å². The van der Waals surface area contributed by atoms with Crippen LogP contribution < -0.4 is 5.32 Å². The minimum absolute atomic E-state index is 0.0569. The third-order valence-corrected chi connectivity index (χ3v) is 5.17. The Morgan fingerprint density at radius 3 is 2.39 bits per heavy atom. The Labute approximate surface area is 181 Å². The Hall–Kier alpha value is -3.67. The molecule has 4 aromatic rings. The van der Waals surface area contributed by atoms with Crippen LogP contribution >= 0.6 is 0 Å². The average molecular weight is 415 g/mol. The first kappa shape index (κ1) is 20.6. The summed E-state index contributed by atoms with van der Waals surface area (Å²) in [6.07, 6.45) is 3.63. The lowest BCUT2D eigenvalue weighted by atomic mass is 9.87. The fraction of sp³-hybridized carbons (Fsp3) is 0.240. The van der Waals surface area contributed by atoms with Gasteiger partial charge in [0, 0.05) is 29.2 Å². The number of carbonyl (C=O) groups excluding carboxylic acids is 1. The van der Waals surface area contributed by atoms with Crippen molar-refractivity contribution in [1.82, 2.24) is 14.8 Å². The number of amides is 1. The second-order valence-corrected chi connectivity index (χ2v) is 8.58. The maximum Gasteiger partial charge on any atom is 0.255 e. The van der Waals surface area contributed by atoms with Crippen molar-refractivity contribution in [1.29, 1.82) is 0 Å². The van der Waals surface area contributed by atoms with Crippen molar-refractivity contribution in [2.45, 2.75) is 39.7 Å². The minimum atomic E-state index is -0.137. The van der Waals surface area contributed by atoms with E-state index in [-0.39, 0.29) is 11.3 Å². The highest BCUT2D eigenvalue weighted by molar-refractivity contribution is 6.04. The van der Waals surface area contributed by atoms with Gasteiger partial charge in [0.1, 0.15) is 11.5 Å². The number of aromatic nitrogens is 3. The fourth-order valence-electron chi connectivity index (χ4n) is 3.27. The number of nitrogens with one attached hydrogen (secondary N) is 1. The van der Waals surface area contributed by atoms with Crippen LogP contribution in [0.15, 0.2) is 71.4 Å². The standard InChI is InChI=1S/C25H26N4O2/c1-17-22(16-29-15-5-14-26-29)28-24(31-17)19-8-12-21(13-9-19)27-23(30)18-6-10-20(11-7-18)25(2,3)4/h5-15H,16H2,1-4H3,(H,27,30). The van der Waals surface area contributed by atoms with Crippen LogP contribution in [-0.4, -0.2) is 20.7 Å². The van der Waals surface area contributed by atoms with Crippen LogP contribution in [0.5, 0.6) is 0 Å². The van der Waals surface area contributed by atoms with Gasteiger partial charge in [0.05, 0.1) is 6.54 Å². The maximum absolute atomic E-state index is 12.6. The number of anilines is 1. The molecule has 6 nitrogen and oxygen atoms in total. The molecule has 0 saturated heterocycles. The lowest BCUT2D eigenvalue weighted by Gasteiger charge is -2.19. The Bertz CT molecular complexity index is 1170. The van der Waals surface area contributed by atoms with Gasteiger partial charge in [0.15, 0.2) is 0 Å². The van der Waals surface area contributed by atoms with E-state index in [9.17, 15) is 4.79 Å². The molecule has 0 unspecified atom stereocenters. The summed E-state index contributed by atoms with van der Waals surface area (Å²) in [5, 5.41) is 7.15. The van der Waals surface area contributed by atoms with Crippen LogP contribution in [-0.2, 0) is 12.0 Å². The van der Waals surface area contributed by atoms with E-state index >= 15 is 0 Å². The maximum atomic E-state index is 12.6. The number of hydrogen-bond donors (Lipinski definition) is 1. The molecule has 0 bridgehead atoms. The summed E-state index contributed by atoms with van der Waals surface area (Å²) in [5.74, 6) is 1.18. The summed E-state index contributed by atoms with van der Waals surface area (Å²) in [5.41, 5.74) is 4.29. The number of benzene rings is 2. The third kappa shape index (κ3) is 4.74. The molecule has 0 fully saturated rings. The molecule has 2 aromatic carbocycles. The van der Waals surface area contributed by atoms with Gasteiger partial charge in [-0.3, -0.25) is 9.48 Å². The first-order valence-electron chi connectivity index (χ1n) is 10.3. The van der Waals surface area contributed by atoms with E-state index in [4.69, 9.17) is 4.42 Å². The van der Waals surface area contributed by atoms with Gasteiger partial charge in [-0.15, -0.1) is 0 Å². The van der Waals surface area contributed by atoms with Crippen molar-refractivity contribution >= 4 is 11.6 Å². The van der Waals surface area contributed by atoms with E-state index in [0.717, 1.165) is 17.0 Å². The highest BCUT2D eigenvalue weighted by Gasteiger charge is 2.15. The van der Waals surface area contributed by atoms with Gasteiger partial charge in [-0.1, -0.05) is 32.9 Å². The summed E-state index contributed by atoms with van der Waals surface area (Å²) >= 11 is 0. The van der Waals surface area contributed by atoms with Crippen LogP contribution in [0, 0.1) is 6.92 Å². The van der Waals surface area contributed by atoms with Gasteiger partial charge < -0.3 is 9.73 Å². The molecular formula is C25H26N4O2. The number of rotatable bonds is 5. The monoisotopic (exact) mass is 414 g/mol. The normalized spacial score (nSPS) is 11.5. The number of oxazole rings is 1. The summed E-state index contributed by atoms with van der Waals surface area (Å²) in [6.45, 7) is 8.91. The summed E-state index contributed by atoms with van der Waals surface area (Å²) in [6, 6.07) is 17.1. The van der Waals surface area contributed by atoms with E-state index in [1.807, 2.05) is 67.7 Å². The topological polar surface area (TPSA) is 73.0 Å². The SMILES string of the molecule is Cc1oc(-c2ccc(NC(=O)c3ccc(C(C)(C)C)cc3)cc2)nc1Cn1cccn1. The summed E-state index contributed by atoms with van der Waals surface area (Å²) < 4.78 is 7.65. The zero-order valence-electron chi connectivity index (χ0n) is 18.2. The van der Waals surface area contributed by atoms with Gasteiger partial charge in [-0.05, 0) is 60.4 Å². The smallest absolute Gasteiger partial charge is 0.255 e. The van der Waals surface area contributed by atoms with E-state index in [1.54, 1.807) is 10.9 Å². The predicted octanol–water partition coefficient (Wildman–Crippen LogP) is 5.44. The van der Waals surface area contributed by atoms with Crippen molar-refractivity contribution in [3.8, 4) is 11.5 Å². The largest absolute Gasteiger partial charge is 0.441 e. The Balaban J connectivity index is 1.44. The predicted molar refractivity (Wildman–Crippen MR) is 121 cm³/mol. The number of nitrogens with zero attached hydrogens (tertiary/aromatic N) is 3. The van der Waals surface area contributed by atoms with Gasteiger partial charge in [-0.25, -0.2) is 4.98 Å². The molecule has 0 aliphatic carbocycles. The molecule has 158 valence electrons. The molecule has 0 saturated carbocycles. The molecule has 6 heteroatoms. The molecule has 2 aromatic heterocycles. The average Bonchev–Trinajstić information content (AvgIpc) is 3.38. The Morgan fingerprint density at radius 1 is 1.06 bits per heavy atom. The molecule has 2 heterocycles. The Kier molecular flexibility index (Phi) is 5.46. The van der Waals surface area contributed by atoms with Crippen molar-refractivity contribution < 1.29 is 9.21 Å². The first-order valence-corrected chi connectivity index (χ1v) is 10.3. The zero-order valence-corrected chi connectivity index (χ0v) is 18.2. The van der Waals surface area contributed by atoms with Gasteiger partial charge in [0.25, 0.3) is 5.91 Å². The van der Waals surface area contributed by atoms with Crippen molar-refractivity contribution in [2.24, 2.45) is 0 Å². The second-order valence-electron chi connectivity index (χ2n) is 8.58. The minimum Gasteiger partial charge on any atom is -0.441 e. The molecule has 4 rings (SSSR count). The molecule has 0 aliphatic heterocycles. The van der Waals surface area contributed by atoms with Crippen LogP contribution in [0.3, 0.4) is 0 Å². The molecule has 31 heavy (non-hydrogen) atoms. The number of carbonyl (C=O) groups is 1. The lowest BCUT2D eigenvalue weighted by molar-refractivity contribution is 0.102. The Morgan fingerprint density at radius 2 is 1.77 bits per heavy atom. The molecule has 0 radical (unpaired) electrons. The van der Waals surface area contributed by atoms with Crippen molar-refractivity contribution in [3.63, 3.8) is 0 Å². The molecule has 1 amide bonds. The zero-order chi connectivity index (χ0) is 22.0. The lowest BCUT2D eigenvalue weighted by Crippen LogP contribution is -2.14. The second kappa shape index (κ2) is 8.22. The third-order valence-electron chi connectivity index (χ3n) is 5.17. The van der Waals surface area contributed by atoms with E-state index in [0.29, 0.717) is 23.7 Å². The number of aryl methyl sites for hydroxylation is 1. The molecule has 0 aliphatic rings. The summed E-state index contributed by atoms with van der Waals surface area (Å²) in [7, 11) is 0. The van der Waals surface area contributed by atoms with Crippen LogP contribution in [0.25, 0.3) is 11.5 Å². The van der Waals surface area contributed by atoms with Gasteiger partial charge in [-0.2, -0.15) is 5.10 Å². The van der Waals surface area contributed by atoms with Gasteiger partial charge >= 0.3 is 0 Å². The van der Waals surface area contributed by atoms with E-state index in [2.05, 4.69) is 36.2 Å². The molecular weight excluding hydrogens is 388 g/mol. The highest BCUT2D eigenvalue weighted by Crippen LogP contribution is 2.25. The van der Waals surface area contributed by atoms with Crippen LogP contribution in [0.2, 0.25) is 0 Å². The van der Waals surface area contributed by atoms with Gasteiger partial charge in [0.2, 0.25) is 5.89 Å². The van der Waals surface area contributed by atoms with Crippen LogP contribution in [0.4, 0.5) is 5.69 Å². The van der Waals surface area contributed by atoms with Crippen molar-refractivity contribution in [2.75, 3.05) is 5.32 Å². The molecule has 0 atom stereocenters. The highest BCUT2D eigenvalue weighted by atomic mass is 16.4. The first-order chi connectivity index (χ1) is 14.8. The molecule has 0 spiro atoms.